The van der Waals surface area contributed by atoms with E-state index in [0.717, 1.165) is 16.6 Å². The van der Waals surface area contributed by atoms with Gasteiger partial charge in [0.05, 0.1) is 43.5 Å². The monoisotopic (exact) mass is 512 g/mol. The Labute approximate surface area is 217 Å². The van der Waals surface area contributed by atoms with Crippen LogP contribution in [0.5, 0.6) is 5.75 Å². The molecule has 9 nitrogen and oxygen atoms in total. The van der Waals surface area contributed by atoms with Crippen LogP contribution in [0.15, 0.2) is 79.3 Å². The van der Waals surface area contributed by atoms with Crippen LogP contribution in [0.25, 0.3) is 22.4 Å². The number of halogens is 1. The summed E-state index contributed by atoms with van der Waals surface area (Å²) < 4.78 is 27.5. The molecule has 0 atom stereocenters. The van der Waals surface area contributed by atoms with Gasteiger partial charge in [-0.05, 0) is 24.3 Å². The molecule has 38 heavy (non-hydrogen) atoms. The van der Waals surface area contributed by atoms with E-state index in [1.165, 1.54) is 6.07 Å². The number of nitrogens with one attached hydrogen (secondary N) is 1. The first-order chi connectivity index (χ1) is 18.6. The average molecular weight is 513 g/mol. The number of nitrogens with zero attached hydrogens (tertiary/aromatic N) is 5. The Kier molecular flexibility index (Phi) is 6.40. The van der Waals surface area contributed by atoms with Crippen LogP contribution >= 0.6 is 0 Å². The quantitative estimate of drug-likeness (QED) is 0.303. The van der Waals surface area contributed by atoms with Crippen LogP contribution in [0.1, 0.15) is 5.56 Å². The van der Waals surface area contributed by atoms with Gasteiger partial charge in [-0.15, -0.1) is 0 Å². The number of hydrogen-bond donors (Lipinski definition) is 2. The van der Waals surface area contributed by atoms with Crippen LogP contribution in [0.2, 0.25) is 0 Å². The van der Waals surface area contributed by atoms with Gasteiger partial charge in [-0.2, -0.15) is 5.10 Å². The van der Waals surface area contributed by atoms with Gasteiger partial charge >= 0.3 is 0 Å². The van der Waals surface area contributed by atoms with Crippen molar-refractivity contribution < 1.29 is 19.0 Å². The van der Waals surface area contributed by atoms with Gasteiger partial charge in [-0.25, -0.2) is 14.4 Å². The highest BCUT2D eigenvalue weighted by molar-refractivity contribution is 5.92. The Morgan fingerprint density at radius 1 is 1.05 bits per heavy atom. The Balaban J connectivity index is 1.38. The fourth-order valence-corrected chi connectivity index (χ4v) is 4.29. The van der Waals surface area contributed by atoms with E-state index in [1.807, 2.05) is 36.4 Å². The number of fused-ring (bicyclic) bond motifs is 1. The third-order valence-electron chi connectivity index (χ3n) is 6.53. The molecule has 0 saturated carbocycles. The number of pyridine rings is 1. The molecule has 5 aromatic rings. The Hall–Kier alpha value is -4.41. The van der Waals surface area contributed by atoms with E-state index in [9.17, 15) is 9.50 Å². The van der Waals surface area contributed by atoms with Gasteiger partial charge in [0.25, 0.3) is 0 Å². The number of ether oxygens (including phenoxy) is 2. The summed E-state index contributed by atoms with van der Waals surface area (Å²) in [6.07, 6.45) is 4.95. The highest BCUT2D eigenvalue weighted by atomic mass is 19.1. The molecule has 1 fully saturated rings. The van der Waals surface area contributed by atoms with E-state index < -0.39 is 5.41 Å². The predicted molar refractivity (Wildman–Crippen MR) is 140 cm³/mol. The van der Waals surface area contributed by atoms with Crippen LogP contribution < -0.4 is 10.1 Å². The lowest BCUT2D eigenvalue weighted by Gasteiger charge is -2.39. The lowest BCUT2D eigenvalue weighted by Crippen LogP contribution is -2.50. The smallest absolute Gasteiger partial charge is 0.183 e. The maximum Gasteiger partial charge on any atom is 0.183 e. The SMILES string of the molecule is OCC1(COc2cnc(-c3nn(Cc4ccccc4F)c4ccccc34)nc2Nc2ccncc2)COC1. The lowest BCUT2D eigenvalue weighted by molar-refractivity contribution is -0.153. The molecule has 2 N–H and O–H groups in total. The first-order valence-electron chi connectivity index (χ1n) is 12.2. The normalized spacial score (nSPS) is 14.3. The summed E-state index contributed by atoms with van der Waals surface area (Å²) >= 11 is 0. The van der Waals surface area contributed by atoms with Gasteiger partial charge < -0.3 is 19.9 Å². The summed E-state index contributed by atoms with van der Waals surface area (Å²) in [7, 11) is 0. The molecular weight excluding hydrogens is 487 g/mol. The van der Waals surface area contributed by atoms with Gasteiger partial charge in [-0.1, -0.05) is 36.4 Å². The van der Waals surface area contributed by atoms with Crippen molar-refractivity contribution in [3.63, 3.8) is 0 Å². The van der Waals surface area contributed by atoms with Gasteiger partial charge in [0, 0.05) is 29.0 Å². The van der Waals surface area contributed by atoms with Gasteiger partial charge in [0.1, 0.15) is 18.1 Å². The summed E-state index contributed by atoms with van der Waals surface area (Å²) in [5.74, 6) is 0.983. The van der Waals surface area contributed by atoms with E-state index >= 15 is 0 Å². The van der Waals surface area contributed by atoms with Crippen LogP contribution in [0.4, 0.5) is 15.9 Å². The summed E-state index contributed by atoms with van der Waals surface area (Å²) in [5.41, 5.74) is 2.28. The van der Waals surface area contributed by atoms with Crippen LogP contribution in [-0.4, -0.2) is 56.3 Å². The Morgan fingerprint density at radius 2 is 1.84 bits per heavy atom. The van der Waals surface area contributed by atoms with Crippen LogP contribution in [0.3, 0.4) is 0 Å². The second kappa shape index (κ2) is 10.2. The molecule has 4 heterocycles. The van der Waals surface area contributed by atoms with Gasteiger partial charge in [0.15, 0.2) is 17.4 Å². The minimum absolute atomic E-state index is 0.0372. The standard InChI is InChI=1S/C28H25FN6O3/c29-22-7-3-1-5-19(22)14-35-23-8-4-2-6-21(23)25(34-35)27-31-13-24(38-18-28(15-36)16-37-17-28)26(33-27)32-20-9-11-30-12-10-20/h1-13,36H,14-18H2,(H,30,31,32,33). The van der Waals surface area contributed by atoms with Crippen molar-refractivity contribution in [3.05, 3.63) is 90.6 Å². The number of aliphatic hydroxyl groups is 1. The van der Waals surface area contributed by atoms with Crippen molar-refractivity contribution in [1.29, 1.82) is 0 Å². The maximum absolute atomic E-state index is 14.4. The van der Waals surface area contributed by atoms with E-state index in [2.05, 4.69) is 15.3 Å². The Bertz CT molecular complexity index is 1570. The van der Waals surface area contributed by atoms with E-state index in [0.29, 0.717) is 41.9 Å². The van der Waals surface area contributed by atoms with Gasteiger partial charge in [-0.3, -0.25) is 9.67 Å². The number of benzene rings is 2. The lowest BCUT2D eigenvalue weighted by atomic mass is 9.88. The van der Waals surface area contributed by atoms with E-state index in [-0.39, 0.29) is 25.6 Å². The minimum atomic E-state index is -0.436. The van der Waals surface area contributed by atoms with Crippen molar-refractivity contribution in [1.82, 2.24) is 24.7 Å². The van der Waals surface area contributed by atoms with E-state index in [1.54, 1.807) is 41.5 Å². The molecule has 1 aliphatic heterocycles. The van der Waals surface area contributed by atoms with Gasteiger partial charge in [0.2, 0.25) is 0 Å². The topological polar surface area (TPSA) is 107 Å². The second-order valence-electron chi connectivity index (χ2n) is 9.32. The fraction of sp³-hybridized carbons (Fsp3) is 0.214. The zero-order valence-electron chi connectivity index (χ0n) is 20.4. The van der Waals surface area contributed by atoms with E-state index in [4.69, 9.17) is 19.6 Å². The molecule has 0 bridgehead atoms. The van der Waals surface area contributed by atoms with Crippen LogP contribution in [0, 0.1) is 11.2 Å². The summed E-state index contributed by atoms with van der Waals surface area (Å²) in [4.78, 5) is 13.4. The second-order valence-corrected chi connectivity index (χ2v) is 9.32. The average Bonchev–Trinajstić information content (AvgIpc) is 3.29. The zero-order chi connectivity index (χ0) is 26.0. The molecule has 0 spiro atoms. The molecule has 0 amide bonds. The predicted octanol–water partition coefficient (Wildman–Crippen LogP) is 4.21. The first-order valence-corrected chi connectivity index (χ1v) is 12.2. The van der Waals surface area contributed by atoms with Crippen molar-refractivity contribution >= 4 is 22.4 Å². The summed E-state index contributed by atoms with van der Waals surface area (Å²) in [6.45, 7) is 1.35. The molecule has 1 aliphatic rings. The number of hydrogen-bond acceptors (Lipinski definition) is 8. The van der Waals surface area contributed by atoms with Crippen molar-refractivity contribution in [3.8, 4) is 17.3 Å². The maximum atomic E-state index is 14.4. The molecule has 3 aromatic heterocycles. The third-order valence-corrected chi connectivity index (χ3v) is 6.53. The van der Waals surface area contributed by atoms with Crippen molar-refractivity contribution in [2.24, 2.45) is 5.41 Å². The fourth-order valence-electron chi connectivity index (χ4n) is 4.29. The number of rotatable bonds is 9. The largest absolute Gasteiger partial charge is 0.487 e. The number of aromatic nitrogens is 5. The molecule has 0 unspecified atom stereocenters. The molecular formula is C28H25FN6O3. The third kappa shape index (κ3) is 4.67. The number of para-hydroxylation sites is 1. The molecule has 192 valence electrons. The number of anilines is 2. The number of aliphatic hydroxyl groups excluding tert-OH is 1. The zero-order valence-corrected chi connectivity index (χ0v) is 20.4. The molecule has 1 saturated heterocycles. The highest BCUT2D eigenvalue weighted by Gasteiger charge is 2.39. The Morgan fingerprint density at radius 3 is 2.61 bits per heavy atom. The van der Waals surface area contributed by atoms with Crippen molar-refractivity contribution in [2.75, 3.05) is 31.7 Å². The van der Waals surface area contributed by atoms with Crippen molar-refractivity contribution in [2.45, 2.75) is 6.54 Å². The molecule has 0 aliphatic carbocycles. The van der Waals surface area contributed by atoms with Crippen LogP contribution in [-0.2, 0) is 11.3 Å². The first kappa shape index (κ1) is 24.0. The highest BCUT2D eigenvalue weighted by Crippen LogP contribution is 2.33. The molecule has 6 rings (SSSR count). The summed E-state index contributed by atoms with van der Waals surface area (Å²) in [6, 6.07) is 18.0. The molecule has 2 aromatic carbocycles. The molecule has 0 radical (unpaired) electrons. The summed E-state index contributed by atoms with van der Waals surface area (Å²) in [5, 5.41) is 18.7. The minimum Gasteiger partial charge on any atom is -0.487 e. The molecule has 10 heteroatoms.